The number of hydrogen-bond donors (Lipinski definition) is 1. The normalized spacial score (nSPS) is 21.9. The second-order valence-corrected chi connectivity index (χ2v) is 4.91. The first kappa shape index (κ1) is 15.3. The van der Waals surface area contributed by atoms with Crippen LogP contribution in [0.2, 0.25) is 0 Å². The predicted octanol–water partition coefficient (Wildman–Crippen LogP) is 2.21. The summed E-state index contributed by atoms with van der Waals surface area (Å²) in [6.07, 6.45) is 0.821. The van der Waals surface area contributed by atoms with Crippen LogP contribution < -0.4 is 5.73 Å². The van der Waals surface area contributed by atoms with E-state index in [-0.39, 0.29) is 18.2 Å². The maximum Gasteiger partial charge on any atom is 0.161 e. The molecule has 2 atom stereocenters. The number of hydrogen-bond acceptors (Lipinski definition) is 3. The maximum atomic E-state index is 13.9. The van der Waals surface area contributed by atoms with Crippen molar-refractivity contribution >= 4 is 0 Å². The van der Waals surface area contributed by atoms with Crippen molar-refractivity contribution < 1.29 is 17.9 Å². The molecule has 0 spiro atoms. The number of rotatable bonds is 4. The second-order valence-electron chi connectivity index (χ2n) is 4.91. The lowest BCUT2D eigenvalue weighted by atomic mass is 10.0. The average Bonchev–Trinajstić information content (AvgIpc) is 2.45. The number of benzene rings is 1. The maximum absolute atomic E-state index is 13.9. The van der Waals surface area contributed by atoms with E-state index in [0.29, 0.717) is 25.8 Å². The Kier molecular flexibility index (Phi) is 5.01. The summed E-state index contributed by atoms with van der Waals surface area (Å²) in [4.78, 5) is 2.01. The number of ether oxygens (including phenoxy) is 1. The molecule has 2 N–H and O–H groups in total. The summed E-state index contributed by atoms with van der Waals surface area (Å²) in [5, 5.41) is 0. The molecular formula is C14H19F3N2O. The molecule has 2 rings (SSSR count). The third-order valence-corrected chi connectivity index (χ3v) is 3.77. The van der Waals surface area contributed by atoms with Crippen LogP contribution in [0.5, 0.6) is 0 Å². The molecule has 0 aromatic heterocycles. The summed E-state index contributed by atoms with van der Waals surface area (Å²) in [7, 11) is 0. The smallest absolute Gasteiger partial charge is 0.161 e. The highest BCUT2D eigenvalue weighted by atomic mass is 19.2. The fourth-order valence-electron chi connectivity index (χ4n) is 2.66. The lowest BCUT2D eigenvalue weighted by molar-refractivity contribution is -0.0297. The van der Waals surface area contributed by atoms with E-state index in [0.717, 1.165) is 12.5 Å². The van der Waals surface area contributed by atoms with Gasteiger partial charge in [-0.05, 0) is 12.5 Å². The molecule has 1 aromatic carbocycles. The van der Waals surface area contributed by atoms with Gasteiger partial charge < -0.3 is 10.5 Å². The molecule has 2 unspecified atom stereocenters. The van der Waals surface area contributed by atoms with Gasteiger partial charge in [-0.25, -0.2) is 13.2 Å². The van der Waals surface area contributed by atoms with E-state index in [9.17, 15) is 13.2 Å². The van der Waals surface area contributed by atoms with E-state index in [4.69, 9.17) is 10.5 Å². The van der Waals surface area contributed by atoms with E-state index in [1.54, 1.807) is 0 Å². The van der Waals surface area contributed by atoms with Gasteiger partial charge in [0.05, 0.1) is 19.3 Å². The van der Waals surface area contributed by atoms with Gasteiger partial charge in [0.25, 0.3) is 0 Å². The Balaban J connectivity index is 2.33. The minimum Gasteiger partial charge on any atom is -0.378 e. The van der Waals surface area contributed by atoms with Gasteiger partial charge in [0, 0.05) is 30.8 Å². The monoisotopic (exact) mass is 288 g/mol. The molecular weight excluding hydrogens is 269 g/mol. The molecule has 3 nitrogen and oxygen atoms in total. The molecule has 0 amide bonds. The molecule has 1 aromatic rings. The fourth-order valence-corrected chi connectivity index (χ4v) is 2.66. The minimum atomic E-state index is -1.18. The van der Waals surface area contributed by atoms with Crippen molar-refractivity contribution in [3.05, 3.63) is 35.1 Å². The fraction of sp³-hybridized carbons (Fsp3) is 0.571. The molecule has 1 aliphatic rings. The molecule has 0 saturated carbocycles. The Morgan fingerprint density at radius 2 is 2.00 bits per heavy atom. The zero-order valence-corrected chi connectivity index (χ0v) is 11.4. The minimum absolute atomic E-state index is 0.102. The second kappa shape index (κ2) is 6.56. The van der Waals surface area contributed by atoms with E-state index < -0.39 is 23.5 Å². The third kappa shape index (κ3) is 2.97. The topological polar surface area (TPSA) is 38.5 Å². The van der Waals surface area contributed by atoms with Gasteiger partial charge in [0.1, 0.15) is 5.82 Å². The average molecular weight is 288 g/mol. The Hall–Kier alpha value is -1.11. The molecule has 1 heterocycles. The molecule has 1 aliphatic heterocycles. The molecule has 20 heavy (non-hydrogen) atoms. The quantitative estimate of drug-likeness (QED) is 0.863. The zero-order valence-electron chi connectivity index (χ0n) is 11.4. The van der Waals surface area contributed by atoms with E-state index in [2.05, 4.69) is 0 Å². The van der Waals surface area contributed by atoms with Crippen LogP contribution in [0.4, 0.5) is 13.2 Å². The van der Waals surface area contributed by atoms with Gasteiger partial charge in [-0.1, -0.05) is 6.92 Å². The van der Waals surface area contributed by atoms with Gasteiger partial charge in [-0.3, -0.25) is 4.90 Å². The van der Waals surface area contributed by atoms with Crippen molar-refractivity contribution in [3.8, 4) is 0 Å². The number of halogens is 3. The summed E-state index contributed by atoms with van der Waals surface area (Å²) < 4.78 is 45.7. The summed E-state index contributed by atoms with van der Waals surface area (Å²) >= 11 is 0. The highest BCUT2D eigenvalue weighted by molar-refractivity contribution is 5.24. The predicted molar refractivity (Wildman–Crippen MR) is 69.7 cm³/mol. The molecule has 1 fully saturated rings. The highest BCUT2D eigenvalue weighted by Crippen LogP contribution is 2.28. The first-order valence-corrected chi connectivity index (χ1v) is 6.76. The molecule has 0 bridgehead atoms. The van der Waals surface area contributed by atoms with E-state index in [1.165, 1.54) is 0 Å². The standard InChI is InChI=1S/C14H19F3N2O/c1-2-9-8-20-4-3-19(9)14(7-18)10-5-12(16)13(17)6-11(10)15/h5-6,9,14H,2-4,7-8,18H2,1H3. The number of nitrogens with two attached hydrogens (primary N) is 1. The highest BCUT2D eigenvalue weighted by Gasteiger charge is 2.30. The molecule has 0 aliphatic carbocycles. The zero-order chi connectivity index (χ0) is 14.7. The van der Waals surface area contributed by atoms with E-state index >= 15 is 0 Å². The van der Waals surface area contributed by atoms with Crippen LogP contribution in [0.3, 0.4) is 0 Å². The van der Waals surface area contributed by atoms with Crippen LogP contribution in [0, 0.1) is 17.5 Å². The van der Waals surface area contributed by atoms with Crippen LogP contribution in [-0.2, 0) is 4.74 Å². The van der Waals surface area contributed by atoms with Crippen molar-refractivity contribution in [1.29, 1.82) is 0 Å². The lowest BCUT2D eigenvalue weighted by Gasteiger charge is -2.40. The van der Waals surface area contributed by atoms with Crippen molar-refractivity contribution in [2.45, 2.75) is 25.4 Å². The Morgan fingerprint density at radius 3 is 2.65 bits per heavy atom. The summed E-state index contributed by atoms with van der Waals surface area (Å²) in [5.41, 5.74) is 5.85. The van der Waals surface area contributed by atoms with Crippen molar-refractivity contribution in [2.24, 2.45) is 5.73 Å². The van der Waals surface area contributed by atoms with Crippen molar-refractivity contribution in [2.75, 3.05) is 26.3 Å². The van der Waals surface area contributed by atoms with Crippen LogP contribution >= 0.6 is 0 Å². The first-order valence-electron chi connectivity index (χ1n) is 6.76. The van der Waals surface area contributed by atoms with Gasteiger partial charge in [-0.2, -0.15) is 0 Å². The van der Waals surface area contributed by atoms with Crippen LogP contribution in [0.1, 0.15) is 24.9 Å². The summed E-state index contributed by atoms with van der Waals surface area (Å²) in [6.45, 7) is 3.80. The van der Waals surface area contributed by atoms with Gasteiger partial charge in [0.15, 0.2) is 11.6 Å². The Morgan fingerprint density at radius 1 is 1.30 bits per heavy atom. The van der Waals surface area contributed by atoms with E-state index in [1.807, 2.05) is 11.8 Å². The Bertz CT molecular complexity index is 470. The van der Waals surface area contributed by atoms with Gasteiger partial charge in [-0.15, -0.1) is 0 Å². The van der Waals surface area contributed by atoms with Crippen molar-refractivity contribution in [1.82, 2.24) is 4.90 Å². The summed E-state index contributed by atoms with van der Waals surface area (Å²) in [5.74, 6) is -3.00. The molecule has 0 radical (unpaired) electrons. The SMILES string of the molecule is CCC1COCCN1C(CN)c1cc(F)c(F)cc1F. The first-order chi connectivity index (χ1) is 9.58. The molecule has 6 heteroatoms. The van der Waals surface area contributed by atoms with Crippen molar-refractivity contribution in [3.63, 3.8) is 0 Å². The van der Waals surface area contributed by atoms with Gasteiger partial charge in [0.2, 0.25) is 0 Å². The van der Waals surface area contributed by atoms with Gasteiger partial charge >= 0.3 is 0 Å². The lowest BCUT2D eigenvalue weighted by Crippen LogP contribution is -2.49. The van der Waals surface area contributed by atoms with Crippen LogP contribution in [-0.4, -0.2) is 37.2 Å². The molecule has 1 saturated heterocycles. The third-order valence-electron chi connectivity index (χ3n) is 3.77. The Labute approximate surface area is 116 Å². The molecule has 112 valence electrons. The van der Waals surface area contributed by atoms with Crippen LogP contribution in [0.15, 0.2) is 12.1 Å². The van der Waals surface area contributed by atoms with Crippen LogP contribution in [0.25, 0.3) is 0 Å². The summed E-state index contributed by atoms with van der Waals surface area (Å²) in [6, 6.07) is 1.11. The largest absolute Gasteiger partial charge is 0.378 e. The number of morpholine rings is 1. The number of nitrogens with zero attached hydrogens (tertiary/aromatic N) is 1.